The number of carbonyl (C=O) groups is 1. The molecule has 0 N–H and O–H groups in total. The van der Waals surface area contributed by atoms with Gasteiger partial charge in [0.1, 0.15) is 18.1 Å². The van der Waals surface area contributed by atoms with Crippen LogP contribution < -0.4 is 4.90 Å². The van der Waals surface area contributed by atoms with Crippen molar-refractivity contribution in [3.8, 4) is 11.4 Å². The lowest BCUT2D eigenvalue weighted by molar-refractivity contribution is -0.0394. The lowest BCUT2D eigenvalue weighted by Crippen LogP contribution is -2.42. The number of amides is 1. The highest BCUT2D eigenvalue weighted by atomic mass is 16.6. The average molecular weight is 665 g/mol. The standard InChI is InChI=1S/C40H52N6O3/c1-9-40(8)36-34(28(2)39(40,6)7)35(46(43-36)33-23-14-16-25-48-33)31-21-17-22-32(42-31)45(30-19-11-10-12-20-30)27-44(37(47)49-38(3,4)5)26-29-18-13-15-24-41-29/h10-13,15,17-22,24,28,33H,9,14,16,23,25-27H2,1-8H3. The lowest BCUT2D eigenvalue weighted by atomic mass is 9.63. The molecule has 4 aromatic rings. The molecule has 3 atom stereocenters. The SMILES string of the molecule is CCC1(C)c2nn(C3CCCCO3)c(-c3cccc(N(CN(Cc4ccccn4)C(=O)OC(C)(C)C)c4ccccc4)n3)c2C(C)C1(C)C. The number of para-hydroxylation sites is 1. The minimum absolute atomic E-state index is 0.00769. The summed E-state index contributed by atoms with van der Waals surface area (Å²) in [7, 11) is 0. The van der Waals surface area contributed by atoms with E-state index >= 15 is 0 Å². The Hall–Kier alpha value is -4.24. The molecule has 1 amide bonds. The summed E-state index contributed by atoms with van der Waals surface area (Å²) in [6, 6.07) is 21.9. The van der Waals surface area contributed by atoms with E-state index in [2.05, 4.69) is 61.3 Å². The number of aromatic nitrogens is 4. The van der Waals surface area contributed by atoms with E-state index in [9.17, 15) is 4.79 Å². The highest BCUT2D eigenvalue weighted by Gasteiger charge is 2.56. The Labute approximate surface area is 291 Å². The van der Waals surface area contributed by atoms with Crippen molar-refractivity contribution >= 4 is 17.6 Å². The van der Waals surface area contributed by atoms with Crippen molar-refractivity contribution in [1.82, 2.24) is 24.6 Å². The van der Waals surface area contributed by atoms with Crippen molar-refractivity contribution in [3.63, 3.8) is 0 Å². The molecule has 49 heavy (non-hydrogen) atoms. The molecule has 0 spiro atoms. The molecule has 9 heteroatoms. The van der Waals surface area contributed by atoms with Crippen LogP contribution in [0.3, 0.4) is 0 Å². The van der Waals surface area contributed by atoms with Crippen molar-refractivity contribution in [2.75, 3.05) is 18.2 Å². The number of hydrogen-bond donors (Lipinski definition) is 0. The number of pyridine rings is 2. The summed E-state index contributed by atoms with van der Waals surface area (Å²) in [5.41, 5.74) is 5.24. The Bertz CT molecular complexity index is 1740. The smallest absolute Gasteiger partial charge is 0.412 e. The highest BCUT2D eigenvalue weighted by molar-refractivity contribution is 5.72. The Morgan fingerprint density at radius 2 is 1.78 bits per heavy atom. The van der Waals surface area contributed by atoms with Crippen molar-refractivity contribution in [1.29, 1.82) is 0 Å². The largest absolute Gasteiger partial charge is 0.444 e. The molecule has 6 rings (SSSR count). The van der Waals surface area contributed by atoms with E-state index in [4.69, 9.17) is 19.6 Å². The van der Waals surface area contributed by atoms with Gasteiger partial charge in [0.2, 0.25) is 0 Å². The molecule has 1 aliphatic carbocycles. The van der Waals surface area contributed by atoms with Crippen LogP contribution in [0.15, 0.2) is 72.9 Å². The first-order valence-electron chi connectivity index (χ1n) is 17.8. The van der Waals surface area contributed by atoms with E-state index in [1.807, 2.05) is 75.4 Å². The maximum absolute atomic E-state index is 13.8. The van der Waals surface area contributed by atoms with E-state index < -0.39 is 11.7 Å². The zero-order valence-corrected chi connectivity index (χ0v) is 30.4. The van der Waals surface area contributed by atoms with Gasteiger partial charge in [-0.3, -0.25) is 9.88 Å². The lowest BCUT2D eigenvalue weighted by Gasteiger charge is -2.41. The molecule has 3 aromatic heterocycles. The molecule has 0 saturated carbocycles. The second kappa shape index (κ2) is 13.6. The number of fused-ring (bicyclic) bond motifs is 1. The fourth-order valence-electron chi connectivity index (χ4n) is 7.37. The molecule has 0 radical (unpaired) electrons. The molecule has 0 bridgehead atoms. The van der Waals surface area contributed by atoms with Gasteiger partial charge >= 0.3 is 6.09 Å². The van der Waals surface area contributed by atoms with Gasteiger partial charge in [0.15, 0.2) is 6.23 Å². The molecule has 2 aliphatic rings. The number of rotatable bonds is 9. The van der Waals surface area contributed by atoms with E-state index in [-0.39, 0.29) is 36.2 Å². The molecule has 3 unspecified atom stereocenters. The molecule has 1 aromatic carbocycles. The zero-order chi connectivity index (χ0) is 35.0. The zero-order valence-electron chi connectivity index (χ0n) is 30.4. The summed E-state index contributed by atoms with van der Waals surface area (Å²) in [4.78, 5) is 27.4. The van der Waals surface area contributed by atoms with Gasteiger partial charge in [0.25, 0.3) is 0 Å². The number of anilines is 2. The van der Waals surface area contributed by atoms with Gasteiger partial charge in [-0.1, -0.05) is 65.0 Å². The maximum atomic E-state index is 13.8. The first kappa shape index (κ1) is 34.6. The fraction of sp³-hybridized carbons (Fsp3) is 0.500. The first-order chi connectivity index (χ1) is 23.3. The predicted molar refractivity (Wildman–Crippen MR) is 194 cm³/mol. The van der Waals surface area contributed by atoms with Crippen molar-refractivity contribution < 1.29 is 14.3 Å². The molecular weight excluding hydrogens is 612 g/mol. The quantitative estimate of drug-likeness (QED) is 0.165. The number of carbonyl (C=O) groups excluding carboxylic acids is 1. The van der Waals surface area contributed by atoms with Crippen molar-refractivity contribution in [2.45, 2.75) is 111 Å². The van der Waals surface area contributed by atoms with E-state index in [0.29, 0.717) is 5.82 Å². The summed E-state index contributed by atoms with van der Waals surface area (Å²) in [5.74, 6) is 0.976. The molecular formula is C40H52N6O3. The Morgan fingerprint density at radius 1 is 1.02 bits per heavy atom. The van der Waals surface area contributed by atoms with Gasteiger partial charge in [-0.2, -0.15) is 5.10 Å². The Morgan fingerprint density at radius 3 is 2.43 bits per heavy atom. The van der Waals surface area contributed by atoms with Crippen LogP contribution in [0, 0.1) is 5.41 Å². The summed E-state index contributed by atoms with van der Waals surface area (Å²) in [6.07, 6.45) is 5.26. The molecule has 1 aliphatic heterocycles. The molecule has 9 nitrogen and oxygen atoms in total. The van der Waals surface area contributed by atoms with Crippen molar-refractivity contribution in [3.05, 3.63) is 89.9 Å². The maximum Gasteiger partial charge on any atom is 0.412 e. The third-order valence-electron chi connectivity index (χ3n) is 10.9. The molecule has 4 heterocycles. The summed E-state index contributed by atoms with van der Waals surface area (Å²) in [5, 5.41) is 5.41. The molecule has 1 fully saturated rings. The van der Waals surface area contributed by atoms with Crippen LogP contribution in [0.25, 0.3) is 11.4 Å². The molecule has 1 saturated heterocycles. The number of hydrogen-bond acceptors (Lipinski definition) is 7. The minimum atomic E-state index is -0.660. The number of ether oxygens (including phenoxy) is 2. The van der Waals surface area contributed by atoms with Gasteiger partial charge in [-0.25, -0.2) is 14.5 Å². The van der Waals surface area contributed by atoms with Crippen LogP contribution in [-0.4, -0.2) is 49.6 Å². The van der Waals surface area contributed by atoms with Crippen LogP contribution in [0.1, 0.15) is 110 Å². The number of nitrogens with zero attached hydrogens (tertiary/aromatic N) is 6. The normalized spacial score (nSPS) is 21.6. The van der Waals surface area contributed by atoms with Crippen LogP contribution in [0.5, 0.6) is 0 Å². The van der Waals surface area contributed by atoms with Crippen molar-refractivity contribution in [2.24, 2.45) is 5.41 Å². The minimum Gasteiger partial charge on any atom is -0.444 e. The average Bonchev–Trinajstić information content (AvgIpc) is 3.56. The predicted octanol–water partition coefficient (Wildman–Crippen LogP) is 9.38. The Balaban J connectivity index is 1.47. The highest BCUT2D eigenvalue weighted by Crippen LogP contribution is 2.61. The third-order valence-corrected chi connectivity index (χ3v) is 10.9. The second-order valence-electron chi connectivity index (χ2n) is 15.3. The van der Waals surface area contributed by atoms with Gasteiger partial charge in [0.05, 0.1) is 29.3 Å². The fourth-order valence-corrected chi connectivity index (χ4v) is 7.37. The van der Waals surface area contributed by atoms with Gasteiger partial charge < -0.3 is 14.4 Å². The first-order valence-corrected chi connectivity index (χ1v) is 17.8. The topological polar surface area (TPSA) is 85.6 Å². The van der Waals surface area contributed by atoms with E-state index in [1.165, 1.54) is 5.56 Å². The van der Waals surface area contributed by atoms with Crippen LogP contribution in [0.4, 0.5) is 16.3 Å². The number of benzene rings is 1. The van der Waals surface area contributed by atoms with Gasteiger partial charge in [-0.05, 0) is 94.2 Å². The van der Waals surface area contributed by atoms with Gasteiger partial charge in [-0.15, -0.1) is 0 Å². The van der Waals surface area contributed by atoms with E-state index in [1.54, 1.807) is 11.1 Å². The molecule has 260 valence electrons. The summed E-state index contributed by atoms with van der Waals surface area (Å²) >= 11 is 0. The Kier molecular flexibility index (Phi) is 9.59. The van der Waals surface area contributed by atoms with Crippen LogP contribution >= 0.6 is 0 Å². The summed E-state index contributed by atoms with van der Waals surface area (Å²) < 4.78 is 14.4. The van der Waals surface area contributed by atoms with E-state index in [0.717, 1.165) is 60.8 Å². The third kappa shape index (κ3) is 6.70. The van der Waals surface area contributed by atoms with Crippen LogP contribution in [0.2, 0.25) is 0 Å². The van der Waals surface area contributed by atoms with Gasteiger partial charge in [0, 0.05) is 29.5 Å². The monoisotopic (exact) mass is 664 g/mol. The summed E-state index contributed by atoms with van der Waals surface area (Å²) in [6.45, 7) is 18.6. The van der Waals surface area contributed by atoms with Crippen LogP contribution in [-0.2, 0) is 21.4 Å². The second-order valence-corrected chi connectivity index (χ2v) is 15.3.